The fraction of sp³-hybridized carbons (Fsp3) is 0.250. The van der Waals surface area contributed by atoms with Crippen molar-refractivity contribution in [3.8, 4) is 0 Å². The molecular weight excluding hydrogens is 259 g/mol. The summed E-state index contributed by atoms with van der Waals surface area (Å²) < 4.78 is 13.0. The Balaban J connectivity index is 2.78. The highest BCUT2D eigenvalue weighted by atomic mass is 35.5. The number of hydrogen-bond donors (Lipinski definition) is 2. The molecule has 2 amide bonds. The molecule has 98 valence electrons. The van der Waals surface area contributed by atoms with Gasteiger partial charge in [0.05, 0.1) is 17.3 Å². The molecule has 0 radical (unpaired) electrons. The minimum absolute atomic E-state index is 0.158. The zero-order chi connectivity index (χ0) is 13.5. The van der Waals surface area contributed by atoms with Crippen LogP contribution in [0, 0.1) is 5.82 Å². The number of nitrogens with one attached hydrogen (secondary N) is 1. The van der Waals surface area contributed by atoms with E-state index in [9.17, 15) is 9.18 Å². The molecule has 0 fully saturated rings. The Morgan fingerprint density at radius 1 is 1.61 bits per heavy atom. The molecule has 1 rings (SSSR count). The predicted octanol–water partition coefficient (Wildman–Crippen LogP) is 2.49. The number of carbonyl (C=O) groups excluding carboxylic acids is 1. The van der Waals surface area contributed by atoms with Gasteiger partial charge in [0, 0.05) is 13.1 Å². The van der Waals surface area contributed by atoms with Gasteiger partial charge >= 0.3 is 6.03 Å². The minimum atomic E-state index is -0.493. The van der Waals surface area contributed by atoms with Crippen LogP contribution >= 0.6 is 11.6 Å². The zero-order valence-corrected chi connectivity index (χ0v) is 10.5. The first-order valence-corrected chi connectivity index (χ1v) is 5.69. The third-order valence-corrected chi connectivity index (χ3v) is 2.51. The number of amides is 2. The lowest BCUT2D eigenvalue weighted by atomic mass is 10.3. The summed E-state index contributed by atoms with van der Waals surface area (Å²) in [6, 6.07) is 3.21. The summed E-state index contributed by atoms with van der Waals surface area (Å²) in [6.07, 6.45) is 1.53. The van der Waals surface area contributed by atoms with Crippen LogP contribution in [0.15, 0.2) is 30.9 Å². The van der Waals surface area contributed by atoms with Gasteiger partial charge in [-0.2, -0.15) is 0 Å². The molecule has 0 unspecified atom stereocenters. The van der Waals surface area contributed by atoms with Gasteiger partial charge in [-0.1, -0.05) is 17.7 Å². The van der Waals surface area contributed by atoms with Crippen molar-refractivity contribution in [3.05, 3.63) is 41.7 Å². The van der Waals surface area contributed by atoms with E-state index in [2.05, 4.69) is 11.9 Å². The molecule has 0 aromatic heterocycles. The van der Waals surface area contributed by atoms with Crippen LogP contribution in [-0.2, 0) is 0 Å². The molecule has 4 nitrogen and oxygen atoms in total. The van der Waals surface area contributed by atoms with Gasteiger partial charge in [-0.15, -0.1) is 6.58 Å². The zero-order valence-electron chi connectivity index (χ0n) is 9.70. The minimum Gasteiger partial charge on any atom is -0.395 e. The van der Waals surface area contributed by atoms with Crippen LogP contribution < -0.4 is 5.32 Å². The van der Waals surface area contributed by atoms with Gasteiger partial charge in [-0.05, 0) is 18.2 Å². The van der Waals surface area contributed by atoms with Crippen molar-refractivity contribution in [2.24, 2.45) is 0 Å². The van der Waals surface area contributed by atoms with E-state index in [0.717, 1.165) is 6.07 Å². The van der Waals surface area contributed by atoms with Gasteiger partial charge in [-0.3, -0.25) is 0 Å². The molecule has 0 spiro atoms. The Morgan fingerprint density at radius 2 is 2.33 bits per heavy atom. The summed E-state index contributed by atoms with van der Waals surface area (Å²) in [7, 11) is 0. The lowest BCUT2D eigenvalue weighted by molar-refractivity contribution is 0.195. The fourth-order valence-corrected chi connectivity index (χ4v) is 1.50. The Labute approximate surface area is 110 Å². The maximum Gasteiger partial charge on any atom is 0.322 e. The van der Waals surface area contributed by atoms with Gasteiger partial charge < -0.3 is 15.3 Å². The SMILES string of the molecule is C=CCN(CCO)C(=O)Nc1cc(F)ccc1Cl. The highest BCUT2D eigenvalue weighted by Crippen LogP contribution is 2.22. The number of urea groups is 1. The van der Waals surface area contributed by atoms with Crippen molar-refractivity contribution in [2.75, 3.05) is 25.0 Å². The van der Waals surface area contributed by atoms with E-state index >= 15 is 0 Å². The monoisotopic (exact) mass is 272 g/mol. The molecule has 1 aromatic rings. The lowest BCUT2D eigenvalue weighted by Gasteiger charge is -2.20. The molecule has 6 heteroatoms. The second kappa shape index (κ2) is 6.98. The van der Waals surface area contributed by atoms with Crippen LogP contribution in [0.5, 0.6) is 0 Å². The molecule has 0 saturated carbocycles. The summed E-state index contributed by atoms with van der Waals surface area (Å²) in [4.78, 5) is 13.2. The molecular formula is C12H14ClFN2O2. The molecule has 0 aliphatic heterocycles. The summed E-state index contributed by atoms with van der Waals surface area (Å²) in [5.74, 6) is -0.493. The van der Waals surface area contributed by atoms with Crippen LogP contribution in [-0.4, -0.2) is 35.7 Å². The van der Waals surface area contributed by atoms with Crippen LogP contribution in [0.1, 0.15) is 0 Å². The van der Waals surface area contributed by atoms with Crippen LogP contribution in [0.4, 0.5) is 14.9 Å². The van der Waals surface area contributed by atoms with Crippen molar-refractivity contribution in [1.82, 2.24) is 4.90 Å². The molecule has 2 N–H and O–H groups in total. The van der Waals surface area contributed by atoms with E-state index in [4.69, 9.17) is 16.7 Å². The third-order valence-electron chi connectivity index (χ3n) is 2.18. The summed E-state index contributed by atoms with van der Waals surface area (Å²) in [5, 5.41) is 11.6. The Bertz CT molecular complexity index is 440. The van der Waals surface area contributed by atoms with E-state index in [-0.39, 0.29) is 30.4 Å². The van der Waals surface area contributed by atoms with E-state index in [1.165, 1.54) is 23.1 Å². The maximum atomic E-state index is 13.0. The number of rotatable bonds is 5. The molecule has 0 aliphatic rings. The summed E-state index contributed by atoms with van der Waals surface area (Å²) >= 11 is 5.83. The molecule has 0 aliphatic carbocycles. The summed E-state index contributed by atoms with van der Waals surface area (Å²) in [6.45, 7) is 3.78. The standard InChI is InChI=1S/C12H14ClFN2O2/c1-2-5-16(6-7-17)12(18)15-11-8-9(14)3-4-10(11)13/h2-4,8,17H,1,5-7H2,(H,15,18). The number of aliphatic hydroxyl groups excluding tert-OH is 1. The van der Waals surface area contributed by atoms with E-state index < -0.39 is 11.8 Å². The Hall–Kier alpha value is -1.59. The van der Waals surface area contributed by atoms with E-state index in [1.54, 1.807) is 0 Å². The first-order valence-electron chi connectivity index (χ1n) is 5.31. The molecule has 0 atom stereocenters. The number of carbonyl (C=O) groups is 1. The molecule has 0 heterocycles. The van der Waals surface area contributed by atoms with Gasteiger partial charge in [0.2, 0.25) is 0 Å². The number of benzene rings is 1. The van der Waals surface area contributed by atoms with Crippen LogP contribution in [0.25, 0.3) is 0 Å². The van der Waals surface area contributed by atoms with Gasteiger partial charge in [0.15, 0.2) is 0 Å². The van der Waals surface area contributed by atoms with Crippen molar-refractivity contribution in [1.29, 1.82) is 0 Å². The first kappa shape index (κ1) is 14.5. The normalized spacial score (nSPS) is 9.94. The van der Waals surface area contributed by atoms with E-state index in [0.29, 0.717) is 0 Å². The molecule has 18 heavy (non-hydrogen) atoms. The number of nitrogens with zero attached hydrogens (tertiary/aromatic N) is 1. The van der Waals surface area contributed by atoms with Crippen LogP contribution in [0.3, 0.4) is 0 Å². The topological polar surface area (TPSA) is 52.6 Å². The predicted molar refractivity (Wildman–Crippen MR) is 69.3 cm³/mol. The molecule has 0 saturated heterocycles. The van der Waals surface area contributed by atoms with Crippen LogP contribution in [0.2, 0.25) is 5.02 Å². The molecule has 1 aromatic carbocycles. The highest BCUT2D eigenvalue weighted by Gasteiger charge is 2.13. The number of halogens is 2. The highest BCUT2D eigenvalue weighted by molar-refractivity contribution is 6.33. The lowest BCUT2D eigenvalue weighted by Crippen LogP contribution is -2.37. The van der Waals surface area contributed by atoms with Crippen molar-refractivity contribution in [3.63, 3.8) is 0 Å². The largest absolute Gasteiger partial charge is 0.395 e. The van der Waals surface area contributed by atoms with E-state index in [1.807, 2.05) is 0 Å². The van der Waals surface area contributed by atoms with Gasteiger partial charge in [-0.25, -0.2) is 9.18 Å². The number of anilines is 1. The third kappa shape index (κ3) is 4.01. The Kier molecular flexibility index (Phi) is 5.61. The first-order chi connectivity index (χ1) is 8.58. The van der Waals surface area contributed by atoms with Crippen molar-refractivity contribution < 1.29 is 14.3 Å². The van der Waals surface area contributed by atoms with Gasteiger partial charge in [0.1, 0.15) is 5.82 Å². The quantitative estimate of drug-likeness (QED) is 0.809. The Morgan fingerprint density at radius 3 is 2.94 bits per heavy atom. The van der Waals surface area contributed by atoms with Crippen molar-refractivity contribution >= 4 is 23.3 Å². The average molecular weight is 273 g/mol. The number of aliphatic hydroxyl groups is 1. The van der Waals surface area contributed by atoms with Crippen molar-refractivity contribution in [2.45, 2.75) is 0 Å². The summed E-state index contributed by atoms with van der Waals surface area (Å²) in [5.41, 5.74) is 0.189. The number of hydrogen-bond acceptors (Lipinski definition) is 2. The van der Waals surface area contributed by atoms with Gasteiger partial charge in [0.25, 0.3) is 0 Å². The average Bonchev–Trinajstić information content (AvgIpc) is 2.33. The molecule has 0 bridgehead atoms. The second-order valence-electron chi connectivity index (χ2n) is 3.51. The maximum absolute atomic E-state index is 13.0. The smallest absolute Gasteiger partial charge is 0.322 e. The second-order valence-corrected chi connectivity index (χ2v) is 3.92. The fourth-order valence-electron chi connectivity index (χ4n) is 1.34.